The van der Waals surface area contributed by atoms with Crippen LogP contribution >= 0.6 is 39.1 Å². The van der Waals surface area contributed by atoms with Crippen LogP contribution in [0.2, 0.25) is 10.0 Å². The van der Waals surface area contributed by atoms with Gasteiger partial charge in [0.1, 0.15) is 5.69 Å². The van der Waals surface area contributed by atoms with E-state index in [0.717, 1.165) is 0 Å². The highest BCUT2D eigenvalue weighted by Crippen LogP contribution is 2.47. The maximum absolute atomic E-state index is 14.6. The second kappa shape index (κ2) is 7.68. The van der Waals surface area contributed by atoms with Crippen LogP contribution in [0.4, 0.5) is 40.3 Å². The smallest absolute Gasteiger partial charge is 0.346 e. The van der Waals surface area contributed by atoms with E-state index in [2.05, 4.69) is 15.9 Å². The van der Waals surface area contributed by atoms with Gasteiger partial charge in [-0.25, -0.2) is 4.39 Å². The van der Waals surface area contributed by atoms with E-state index in [1.54, 1.807) is 0 Å². The van der Waals surface area contributed by atoms with E-state index < -0.39 is 50.2 Å². The van der Waals surface area contributed by atoms with Crippen molar-refractivity contribution in [1.82, 2.24) is 0 Å². The highest BCUT2D eigenvalue weighted by molar-refractivity contribution is 9.10. The molecule has 2 aromatic carbocycles. The summed E-state index contributed by atoms with van der Waals surface area (Å²) in [4.78, 5) is 19.6. The van der Waals surface area contributed by atoms with Crippen molar-refractivity contribution >= 4 is 61.9 Å². The average molecular weight is 507 g/mol. The number of non-ortho nitro benzene ring substituents is 1. The molecule has 0 aliphatic carbocycles. The molecule has 0 saturated carbocycles. The molecule has 150 valence electrons. The van der Waals surface area contributed by atoms with Crippen LogP contribution in [0.1, 0.15) is 11.1 Å². The number of halogens is 7. The number of hydrogen-bond acceptors (Lipinski definition) is 5. The van der Waals surface area contributed by atoms with Gasteiger partial charge < -0.3 is 5.32 Å². The van der Waals surface area contributed by atoms with Gasteiger partial charge in [0, 0.05) is 11.6 Å². The van der Waals surface area contributed by atoms with Crippen LogP contribution in [-0.2, 0) is 6.18 Å². The Bertz CT molecular complexity index is 988. The fourth-order valence-corrected chi connectivity index (χ4v) is 3.20. The fraction of sp³-hybridized carbons (Fsp3) is 0.143. The van der Waals surface area contributed by atoms with E-state index in [0.29, 0.717) is 6.07 Å². The number of nitrogens with one attached hydrogen (secondary N) is 1. The summed E-state index contributed by atoms with van der Waals surface area (Å²) in [7, 11) is 0. The summed E-state index contributed by atoms with van der Waals surface area (Å²) in [5, 5.41) is 23.6. The van der Waals surface area contributed by atoms with Crippen LogP contribution < -0.4 is 5.32 Å². The molecule has 28 heavy (non-hydrogen) atoms. The molecule has 2 rings (SSSR count). The van der Waals surface area contributed by atoms with E-state index >= 15 is 0 Å². The second-order valence-electron chi connectivity index (χ2n) is 5.28. The molecule has 0 heterocycles. The number of anilines is 2. The number of nitro groups is 2. The molecule has 2 aromatic rings. The number of hydrogen-bond donors (Lipinski definition) is 1. The van der Waals surface area contributed by atoms with Crippen LogP contribution in [0, 0.1) is 33.0 Å². The number of benzene rings is 2. The molecular weight excluding hydrogens is 501 g/mol. The van der Waals surface area contributed by atoms with Gasteiger partial charge in [-0.2, -0.15) is 13.2 Å². The van der Waals surface area contributed by atoms with E-state index in [4.69, 9.17) is 23.2 Å². The van der Waals surface area contributed by atoms with E-state index in [-0.39, 0.29) is 26.1 Å². The first-order valence-corrected chi connectivity index (χ1v) is 8.45. The lowest BCUT2D eigenvalue weighted by Gasteiger charge is -2.18. The molecule has 1 N–H and O–H groups in total. The van der Waals surface area contributed by atoms with Crippen molar-refractivity contribution < 1.29 is 27.4 Å². The van der Waals surface area contributed by atoms with Crippen molar-refractivity contribution in [2.75, 3.05) is 5.32 Å². The van der Waals surface area contributed by atoms with Crippen molar-refractivity contribution in [2.45, 2.75) is 13.1 Å². The highest BCUT2D eigenvalue weighted by Gasteiger charge is 2.40. The molecule has 0 bridgehead atoms. The summed E-state index contributed by atoms with van der Waals surface area (Å²) in [5.41, 5.74) is -6.25. The summed E-state index contributed by atoms with van der Waals surface area (Å²) in [5.74, 6) is -1.12. The number of rotatable bonds is 4. The Balaban J connectivity index is 2.87. The third-order valence-corrected chi connectivity index (χ3v) is 5.52. The van der Waals surface area contributed by atoms with Gasteiger partial charge in [0.2, 0.25) is 0 Å². The Morgan fingerprint density at radius 3 is 2.11 bits per heavy atom. The summed E-state index contributed by atoms with van der Waals surface area (Å²) in [6, 6.07) is 0.430. The molecule has 0 unspecified atom stereocenters. The quantitative estimate of drug-likeness (QED) is 0.162. The Morgan fingerprint density at radius 2 is 1.64 bits per heavy atom. The molecule has 0 saturated heterocycles. The third-order valence-electron chi connectivity index (χ3n) is 3.55. The molecular formula is C14H6BrCl2F4N3O4. The molecule has 0 fully saturated rings. The molecule has 0 radical (unpaired) electrons. The Morgan fingerprint density at radius 1 is 1.07 bits per heavy atom. The monoisotopic (exact) mass is 505 g/mol. The highest BCUT2D eigenvalue weighted by atomic mass is 79.9. The second-order valence-corrected chi connectivity index (χ2v) is 6.83. The molecule has 0 aliphatic rings. The predicted molar refractivity (Wildman–Crippen MR) is 96.9 cm³/mol. The average Bonchev–Trinajstić information content (AvgIpc) is 2.60. The van der Waals surface area contributed by atoms with Crippen LogP contribution in [0.5, 0.6) is 0 Å². The van der Waals surface area contributed by atoms with Gasteiger partial charge in [0.05, 0.1) is 41.7 Å². The summed E-state index contributed by atoms with van der Waals surface area (Å²) in [6.07, 6.45) is -5.23. The predicted octanol–water partition coefficient (Wildman–Crippen LogP) is 6.78. The van der Waals surface area contributed by atoms with E-state index in [9.17, 15) is 37.8 Å². The first-order chi connectivity index (χ1) is 12.8. The standard InChI is InChI=1S/C14H6BrCl2F4N3O4/c1-4-9(16)10(17)8(15)13(11(4)18)22-12-6(14(19,20)21)2-5(23(25)26)3-7(12)24(27)28/h2-3,22H,1H3. The zero-order valence-corrected chi connectivity index (χ0v) is 16.4. The lowest BCUT2D eigenvalue weighted by Crippen LogP contribution is -2.13. The molecule has 0 spiro atoms. The minimum absolute atomic E-state index is 0.103. The molecule has 14 heteroatoms. The Labute approximate surface area is 171 Å². The lowest BCUT2D eigenvalue weighted by molar-refractivity contribution is -0.394. The van der Waals surface area contributed by atoms with Crippen molar-refractivity contribution in [1.29, 1.82) is 0 Å². The molecule has 0 amide bonds. The van der Waals surface area contributed by atoms with Gasteiger partial charge in [0.15, 0.2) is 5.82 Å². The molecule has 0 aromatic heterocycles. The van der Waals surface area contributed by atoms with E-state index in [1.165, 1.54) is 6.92 Å². The summed E-state index contributed by atoms with van der Waals surface area (Å²) < 4.78 is 54.5. The maximum atomic E-state index is 14.6. The molecule has 7 nitrogen and oxygen atoms in total. The first-order valence-electron chi connectivity index (χ1n) is 6.91. The Kier molecular flexibility index (Phi) is 6.07. The van der Waals surface area contributed by atoms with Crippen LogP contribution in [0.15, 0.2) is 16.6 Å². The van der Waals surface area contributed by atoms with Crippen LogP contribution in [-0.4, -0.2) is 9.85 Å². The number of alkyl halides is 3. The summed E-state index contributed by atoms with van der Waals surface area (Å²) in [6.45, 7) is 1.19. The zero-order chi connectivity index (χ0) is 21.5. The first kappa shape index (κ1) is 22.1. The largest absolute Gasteiger partial charge is 0.418 e. The van der Waals surface area contributed by atoms with Gasteiger partial charge in [0.25, 0.3) is 11.4 Å². The van der Waals surface area contributed by atoms with Gasteiger partial charge in [-0.3, -0.25) is 20.2 Å². The maximum Gasteiger partial charge on any atom is 0.418 e. The van der Waals surface area contributed by atoms with E-state index in [1.807, 2.05) is 5.32 Å². The molecule has 0 aliphatic heterocycles. The minimum Gasteiger partial charge on any atom is -0.346 e. The third kappa shape index (κ3) is 3.98. The van der Waals surface area contributed by atoms with Crippen LogP contribution in [0.25, 0.3) is 0 Å². The lowest BCUT2D eigenvalue weighted by atomic mass is 10.1. The zero-order valence-electron chi connectivity index (χ0n) is 13.3. The van der Waals surface area contributed by atoms with Crippen LogP contribution in [0.3, 0.4) is 0 Å². The SMILES string of the molecule is Cc1c(F)c(Nc2c([N+](=O)[O-])cc([N+](=O)[O-])cc2C(F)(F)F)c(Br)c(Cl)c1Cl. The van der Waals surface area contributed by atoms with Gasteiger partial charge in [-0.05, 0) is 22.9 Å². The Hall–Kier alpha value is -2.18. The molecule has 0 atom stereocenters. The van der Waals surface area contributed by atoms with Crippen molar-refractivity contribution in [3.63, 3.8) is 0 Å². The van der Waals surface area contributed by atoms with Crippen molar-refractivity contribution in [2.24, 2.45) is 0 Å². The number of nitrogens with zero attached hydrogens (tertiary/aromatic N) is 2. The van der Waals surface area contributed by atoms with Gasteiger partial charge in [-0.15, -0.1) is 0 Å². The normalized spacial score (nSPS) is 11.4. The summed E-state index contributed by atoms with van der Waals surface area (Å²) >= 11 is 14.6. The number of nitro benzene ring substituents is 2. The van der Waals surface area contributed by atoms with Gasteiger partial charge >= 0.3 is 6.18 Å². The topological polar surface area (TPSA) is 98.3 Å². The fourth-order valence-electron chi connectivity index (χ4n) is 2.20. The minimum atomic E-state index is -5.23. The van der Waals surface area contributed by atoms with Gasteiger partial charge in [-0.1, -0.05) is 23.2 Å². The van der Waals surface area contributed by atoms with Crippen molar-refractivity contribution in [3.05, 3.63) is 63.8 Å². The van der Waals surface area contributed by atoms with Crippen molar-refractivity contribution in [3.8, 4) is 0 Å².